The van der Waals surface area contributed by atoms with E-state index in [-0.39, 0.29) is 5.91 Å². The molecule has 0 spiro atoms. The van der Waals surface area contributed by atoms with Crippen LogP contribution in [-0.4, -0.2) is 15.5 Å². The molecule has 2 N–H and O–H groups in total. The molecule has 0 aliphatic rings. The molecule has 2 heterocycles. The summed E-state index contributed by atoms with van der Waals surface area (Å²) in [5.41, 5.74) is 4.45. The highest BCUT2D eigenvalue weighted by Gasteiger charge is 2.14. The molecule has 1 amide bonds. The van der Waals surface area contributed by atoms with Gasteiger partial charge in [0.2, 0.25) is 0 Å². The van der Waals surface area contributed by atoms with E-state index in [4.69, 9.17) is 0 Å². The summed E-state index contributed by atoms with van der Waals surface area (Å²) in [6, 6.07) is 15.8. The molecule has 0 unspecified atom stereocenters. The molecule has 0 saturated carbocycles. The van der Waals surface area contributed by atoms with Gasteiger partial charge in [-0.3, -0.25) is 4.79 Å². The van der Waals surface area contributed by atoms with E-state index in [0.717, 1.165) is 33.2 Å². The number of nitrogens with zero attached hydrogens (tertiary/aromatic N) is 1. The van der Waals surface area contributed by atoms with Gasteiger partial charge in [0.1, 0.15) is 0 Å². The van der Waals surface area contributed by atoms with Crippen LogP contribution >= 0.6 is 0 Å². The Kier molecular flexibility index (Phi) is 2.98. The van der Waals surface area contributed by atoms with Gasteiger partial charge in [0.15, 0.2) is 0 Å². The lowest BCUT2D eigenvalue weighted by atomic mass is 10.1. The number of carbonyl (C=O) groups excluding carboxylic acids is 1. The van der Waals surface area contributed by atoms with Crippen molar-refractivity contribution in [1.29, 1.82) is 0 Å². The Hall–Kier alpha value is -3.01. The Balaban J connectivity index is 1.78. The van der Waals surface area contributed by atoms with Crippen molar-refractivity contribution in [3.05, 3.63) is 66.0 Å². The molecule has 0 aliphatic heterocycles. The number of H-pyrrole nitrogens is 1. The van der Waals surface area contributed by atoms with E-state index in [1.165, 1.54) is 0 Å². The number of aromatic amines is 1. The Bertz CT molecular complexity index is 1040. The number of fused-ring (bicyclic) bond motifs is 2. The average Bonchev–Trinajstić information content (AvgIpc) is 3.10. The number of anilines is 1. The molecule has 0 aliphatic carbocycles. The van der Waals surface area contributed by atoms with Crippen LogP contribution in [0.1, 0.15) is 16.1 Å². The summed E-state index contributed by atoms with van der Waals surface area (Å²) in [6.07, 6.45) is 1.97. The molecule has 4 nitrogen and oxygen atoms in total. The van der Waals surface area contributed by atoms with Gasteiger partial charge in [-0.1, -0.05) is 24.3 Å². The lowest BCUT2D eigenvalue weighted by Gasteiger charge is -2.09. The van der Waals surface area contributed by atoms with Crippen molar-refractivity contribution in [2.75, 3.05) is 5.32 Å². The number of carbonyl (C=O) groups is 1. The van der Waals surface area contributed by atoms with E-state index >= 15 is 0 Å². The van der Waals surface area contributed by atoms with Crippen molar-refractivity contribution in [3.63, 3.8) is 0 Å². The summed E-state index contributed by atoms with van der Waals surface area (Å²) in [7, 11) is 1.95. The molecule has 4 rings (SSSR count). The molecule has 4 heteroatoms. The van der Waals surface area contributed by atoms with Gasteiger partial charge in [-0.2, -0.15) is 0 Å². The highest BCUT2D eigenvalue weighted by Crippen LogP contribution is 2.25. The van der Waals surface area contributed by atoms with Crippen LogP contribution < -0.4 is 5.32 Å². The molecular formula is C19H17N3O. The van der Waals surface area contributed by atoms with Gasteiger partial charge in [0.25, 0.3) is 5.91 Å². The second-order valence-corrected chi connectivity index (χ2v) is 5.85. The lowest BCUT2D eigenvalue weighted by molar-refractivity contribution is 0.102. The third-order valence-electron chi connectivity index (χ3n) is 4.18. The maximum absolute atomic E-state index is 12.8. The van der Waals surface area contributed by atoms with Crippen molar-refractivity contribution in [1.82, 2.24) is 9.55 Å². The van der Waals surface area contributed by atoms with Gasteiger partial charge in [-0.05, 0) is 31.2 Å². The maximum atomic E-state index is 12.8. The minimum atomic E-state index is -0.0999. The molecule has 0 fully saturated rings. The molecule has 0 bridgehead atoms. The largest absolute Gasteiger partial charge is 0.357 e. The fourth-order valence-electron chi connectivity index (χ4n) is 3.13. The lowest BCUT2D eigenvalue weighted by Crippen LogP contribution is -2.13. The number of para-hydroxylation sites is 2. The minimum Gasteiger partial charge on any atom is -0.357 e. The van der Waals surface area contributed by atoms with Crippen molar-refractivity contribution < 1.29 is 4.79 Å². The van der Waals surface area contributed by atoms with Gasteiger partial charge in [0.05, 0.1) is 22.3 Å². The first-order valence-electron chi connectivity index (χ1n) is 7.57. The van der Waals surface area contributed by atoms with E-state index in [9.17, 15) is 4.79 Å². The fourth-order valence-corrected chi connectivity index (χ4v) is 3.13. The number of hydrogen-bond donors (Lipinski definition) is 2. The van der Waals surface area contributed by atoms with Crippen LogP contribution in [0.5, 0.6) is 0 Å². The second kappa shape index (κ2) is 5.02. The standard InChI is InChI=1S/C19H17N3O/c1-12-11-14-6-4-8-16(17(14)20-12)21-19(23)15-7-3-5-13-9-10-22(2)18(13)15/h3-11,20H,1-2H3,(H,21,23). The van der Waals surface area contributed by atoms with E-state index in [1.54, 1.807) is 0 Å². The Labute approximate surface area is 133 Å². The first-order chi connectivity index (χ1) is 11.1. The highest BCUT2D eigenvalue weighted by molar-refractivity contribution is 6.14. The molecular weight excluding hydrogens is 286 g/mol. The van der Waals surface area contributed by atoms with E-state index in [0.29, 0.717) is 5.56 Å². The van der Waals surface area contributed by atoms with Crippen LogP contribution in [0.25, 0.3) is 21.8 Å². The molecule has 0 atom stereocenters. The summed E-state index contributed by atoms with van der Waals surface area (Å²) in [5.74, 6) is -0.0999. The maximum Gasteiger partial charge on any atom is 0.257 e. The van der Waals surface area contributed by atoms with E-state index in [2.05, 4.69) is 16.4 Å². The monoisotopic (exact) mass is 303 g/mol. The van der Waals surface area contributed by atoms with Crippen molar-refractivity contribution in [3.8, 4) is 0 Å². The minimum absolute atomic E-state index is 0.0999. The third-order valence-corrected chi connectivity index (χ3v) is 4.18. The number of benzene rings is 2. The third kappa shape index (κ3) is 2.19. The number of aromatic nitrogens is 2. The zero-order valence-electron chi connectivity index (χ0n) is 13.1. The molecule has 0 saturated heterocycles. The predicted molar refractivity (Wildman–Crippen MR) is 93.9 cm³/mol. The van der Waals surface area contributed by atoms with Crippen LogP contribution in [0, 0.1) is 6.92 Å². The number of hydrogen-bond acceptors (Lipinski definition) is 1. The Morgan fingerprint density at radius 3 is 2.74 bits per heavy atom. The second-order valence-electron chi connectivity index (χ2n) is 5.85. The normalized spacial score (nSPS) is 11.2. The highest BCUT2D eigenvalue weighted by atomic mass is 16.1. The van der Waals surface area contributed by atoms with Gasteiger partial charge < -0.3 is 14.9 Å². The summed E-state index contributed by atoms with van der Waals surface area (Å²) in [5, 5.41) is 5.20. The van der Waals surface area contributed by atoms with E-state index in [1.807, 2.05) is 67.2 Å². The smallest absolute Gasteiger partial charge is 0.257 e. The van der Waals surface area contributed by atoms with Gasteiger partial charge in [0, 0.05) is 29.7 Å². The van der Waals surface area contributed by atoms with Crippen LogP contribution in [-0.2, 0) is 7.05 Å². The van der Waals surface area contributed by atoms with Crippen molar-refractivity contribution in [2.45, 2.75) is 6.92 Å². The van der Waals surface area contributed by atoms with Crippen LogP contribution in [0.3, 0.4) is 0 Å². The molecule has 4 aromatic rings. The molecule has 2 aromatic heterocycles. The van der Waals surface area contributed by atoms with Crippen LogP contribution in [0.2, 0.25) is 0 Å². The van der Waals surface area contributed by atoms with Crippen molar-refractivity contribution in [2.24, 2.45) is 7.05 Å². The molecule has 114 valence electrons. The van der Waals surface area contributed by atoms with Crippen LogP contribution in [0.15, 0.2) is 54.7 Å². The molecule has 0 radical (unpaired) electrons. The van der Waals surface area contributed by atoms with Gasteiger partial charge in [-0.15, -0.1) is 0 Å². The Morgan fingerprint density at radius 2 is 1.87 bits per heavy atom. The summed E-state index contributed by atoms with van der Waals surface area (Å²) in [4.78, 5) is 16.1. The first-order valence-corrected chi connectivity index (χ1v) is 7.57. The molecule has 23 heavy (non-hydrogen) atoms. The zero-order chi connectivity index (χ0) is 16.0. The summed E-state index contributed by atoms with van der Waals surface area (Å²) in [6.45, 7) is 2.01. The summed E-state index contributed by atoms with van der Waals surface area (Å²) < 4.78 is 1.98. The first kappa shape index (κ1) is 13.6. The molecule has 2 aromatic carbocycles. The van der Waals surface area contributed by atoms with Crippen molar-refractivity contribution >= 4 is 33.4 Å². The number of amides is 1. The topological polar surface area (TPSA) is 49.8 Å². The number of nitrogens with one attached hydrogen (secondary N) is 2. The number of rotatable bonds is 2. The van der Waals surface area contributed by atoms with E-state index < -0.39 is 0 Å². The predicted octanol–water partition coefficient (Wildman–Crippen LogP) is 4.22. The SMILES string of the molecule is Cc1cc2cccc(NC(=O)c3cccc4ccn(C)c34)c2[nH]1. The number of aryl methyl sites for hydroxylation is 2. The summed E-state index contributed by atoms with van der Waals surface area (Å²) >= 11 is 0. The fraction of sp³-hybridized carbons (Fsp3) is 0.105. The Morgan fingerprint density at radius 1 is 1.09 bits per heavy atom. The van der Waals surface area contributed by atoms with Crippen LogP contribution in [0.4, 0.5) is 5.69 Å². The van der Waals surface area contributed by atoms with Gasteiger partial charge in [-0.25, -0.2) is 0 Å². The zero-order valence-corrected chi connectivity index (χ0v) is 13.1. The van der Waals surface area contributed by atoms with Gasteiger partial charge >= 0.3 is 0 Å². The quantitative estimate of drug-likeness (QED) is 0.572. The average molecular weight is 303 g/mol.